The molecule has 0 radical (unpaired) electrons. The molecule has 0 unspecified atom stereocenters. The van der Waals surface area contributed by atoms with Gasteiger partial charge in [0, 0.05) is 43.6 Å². The molecule has 0 aliphatic heterocycles. The first-order chi connectivity index (χ1) is 11.8. The molecule has 132 valence electrons. The van der Waals surface area contributed by atoms with Gasteiger partial charge < -0.3 is 4.90 Å². The van der Waals surface area contributed by atoms with Crippen molar-refractivity contribution in [3.05, 3.63) is 40.7 Å². The minimum absolute atomic E-state index is 0.213. The van der Waals surface area contributed by atoms with Gasteiger partial charge in [0.05, 0.1) is 17.2 Å². The Bertz CT molecular complexity index is 945. The third-order valence-electron chi connectivity index (χ3n) is 3.70. The van der Waals surface area contributed by atoms with Gasteiger partial charge in [-0.05, 0) is 18.9 Å². The number of benzene rings is 1. The van der Waals surface area contributed by atoms with Crippen molar-refractivity contribution >= 4 is 22.0 Å². The van der Waals surface area contributed by atoms with Gasteiger partial charge in [-0.25, -0.2) is 0 Å². The Hall–Kier alpha value is -2.75. The van der Waals surface area contributed by atoms with E-state index in [9.17, 15) is 18.5 Å². The van der Waals surface area contributed by atoms with E-state index in [1.165, 1.54) is 17.0 Å². The molecule has 0 spiro atoms. The van der Waals surface area contributed by atoms with Crippen LogP contribution in [0.2, 0.25) is 0 Å². The molecule has 3 rings (SSSR count). The minimum Gasteiger partial charge on any atom is -0.368 e. The molecule has 1 aliphatic carbocycles. The van der Waals surface area contributed by atoms with Crippen molar-refractivity contribution in [2.75, 3.05) is 14.1 Å². The molecule has 1 heterocycles. The average molecular weight is 363 g/mol. The lowest BCUT2D eigenvalue weighted by molar-refractivity contribution is -0.385. The predicted molar refractivity (Wildman–Crippen MR) is 92.0 cm³/mol. The van der Waals surface area contributed by atoms with Crippen LogP contribution in [-0.2, 0) is 10.0 Å². The van der Waals surface area contributed by atoms with E-state index in [1.54, 1.807) is 31.2 Å². The molecule has 0 amide bonds. The summed E-state index contributed by atoms with van der Waals surface area (Å²) in [7, 11) is -0.835. The first-order valence-electron chi connectivity index (χ1n) is 7.58. The van der Waals surface area contributed by atoms with E-state index in [0.29, 0.717) is 17.2 Å². The third kappa shape index (κ3) is 3.68. The molecule has 0 atom stereocenters. The topological polar surface area (TPSA) is 111 Å². The van der Waals surface area contributed by atoms with Crippen LogP contribution < -0.4 is 0 Å². The monoisotopic (exact) mass is 363 g/mol. The lowest BCUT2D eigenvalue weighted by Gasteiger charge is -2.07. The highest BCUT2D eigenvalue weighted by molar-refractivity contribution is 7.90. The fourth-order valence-electron chi connectivity index (χ4n) is 2.31. The summed E-state index contributed by atoms with van der Waals surface area (Å²) in [4.78, 5) is 11.7. The van der Waals surface area contributed by atoms with Crippen LogP contribution in [0, 0.1) is 10.1 Å². The number of nitrogens with zero attached hydrogens (tertiary/aromatic N) is 5. The number of hydrogen-bond acceptors (Lipinski definition) is 5. The Morgan fingerprint density at radius 2 is 2.12 bits per heavy atom. The number of nitro groups is 1. The quantitative estimate of drug-likeness (QED) is 0.336. The maximum absolute atomic E-state index is 12.6. The van der Waals surface area contributed by atoms with Crippen LogP contribution in [0.25, 0.3) is 11.1 Å². The number of aromatic nitrogens is 2. The van der Waals surface area contributed by atoms with Gasteiger partial charge >= 0.3 is 0 Å². The lowest BCUT2D eigenvalue weighted by Crippen LogP contribution is -2.10. The summed E-state index contributed by atoms with van der Waals surface area (Å²) in [6.45, 7) is 0. The van der Waals surface area contributed by atoms with Gasteiger partial charge in [0.1, 0.15) is 11.2 Å². The molecule has 0 saturated heterocycles. The van der Waals surface area contributed by atoms with Crippen LogP contribution in [0.4, 0.5) is 5.69 Å². The number of sulfonamides is 1. The largest absolute Gasteiger partial charge is 0.368 e. The van der Waals surface area contributed by atoms with Gasteiger partial charge in [-0.2, -0.15) is 13.5 Å². The highest BCUT2D eigenvalue weighted by Gasteiger charge is 2.26. The van der Waals surface area contributed by atoms with E-state index in [2.05, 4.69) is 9.50 Å². The summed E-state index contributed by atoms with van der Waals surface area (Å²) in [5.74, 6) is 0. The molecular formula is C15H17N5O4S. The zero-order valence-corrected chi connectivity index (χ0v) is 14.5. The Balaban J connectivity index is 2.12. The van der Waals surface area contributed by atoms with Crippen molar-refractivity contribution < 1.29 is 13.3 Å². The minimum atomic E-state index is -4.10. The highest BCUT2D eigenvalue weighted by atomic mass is 32.2. The average Bonchev–Trinajstić information content (AvgIpc) is 3.30. The van der Waals surface area contributed by atoms with Crippen LogP contribution in [0.5, 0.6) is 0 Å². The lowest BCUT2D eigenvalue weighted by atomic mass is 10.1. The highest BCUT2D eigenvalue weighted by Crippen LogP contribution is 2.37. The van der Waals surface area contributed by atoms with Crippen LogP contribution in [0.3, 0.4) is 0 Å². The standard InChI is InChI=1S/C15H17N5O4S/c1-18(2)10-17-25(23,24)15-7-13(20(21)22)5-6-14(15)11-8-16-19(9-11)12-3-4-12/h5-10,12H,3-4H2,1-2H3/b17-10+. The summed E-state index contributed by atoms with van der Waals surface area (Å²) in [5.41, 5.74) is 0.616. The van der Waals surface area contributed by atoms with Crippen LogP contribution >= 0.6 is 0 Å². The van der Waals surface area contributed by atoms with Gasteiger partial charge in [0.25, 0.3) is 15.7 Å². The van der Waals surface area contributed by atoms with Crippen molar-refractivity contribution in [2.24, 2.45) is 4.40 Å². The summed E-state index contributed by atoms with van der Waals surface area (Å²) in [6.07, 6.45) is 6.55. The van der Waals surface area contributed by atoms with Gasteiger partial charge in [-0.15, -0.1) is 4.40 Å². The Kier molecular flexibility index (Phi) is 4.29. The fraction of sp³-hybridized carbons (Fsp3) is 0.333. The van der Waals surface area contributed by atoms with Gasteiger partial charge in [-0.3, -0.25) is 14.8 Å². The van der Waals surface area contributed by atoms with E-state index < -0.39 is 14.9 Å². The predicted octanol–water partition coefficient (Wildman–Crippen LogP) is 2.07. The molecule has 9 nitrogen and oxygen atoms in total. The number of rotatable bonds is 6. The number of hydrogen-bond donors (Lipinski definition) is 0. The SMILES string of the molecule is CN(C)/C=N/S(=O)(=O)c1cc([N+](=O)[O-])ccc1-c1cnn(C2CC2)c1. The van der Waals surface area contributed by atoms with E-state index in [1.807, 2.05) is 0 Å². The van der Waals surface area contributed by atoms with Gasteiger partial charge in [-0.1, -0.05) is 0 Å². The Morgan fingerprint density at radius 1 is 1.40 bits per heavy atom. The first kappa shape index (κ1) is 17.1. The van der Waals surface area contributed by atoms with Crippen molar-refractivity contribution in [1.29, 1.82) is 0 Å². The van der Waals surface area contributed by atoms with Crippen LogP contribution in [0.1, 0.15) is 18.9 Å². The second-order valence-electron chi connectivity index (χ2n) is 6.04. The van der Waals surface area contributed by atoms with Gasteiger partial charge in [0.15, 0.2) is 0 Å². The van der Waals surface area contributed by atoms with Crippen LogP contribution in [-0.4, -0.2) is 48.5 Å². The zero-order chi connectivity index (χ0) is 18.2. The Morgan fingerprint density at radius 3 is 2.72 bits per heavy atom. The molecule has 10 heteroatoms. The van der Waals surface area contributed by atoms with E-state index in [4.69, 9.17) is 0 Å². The summed E-state index contributed by atoms with van der Waals surface area (Å²) in [6, 6.07) is 4.08. The van der Waals surface area contributed by atoms with Crippen molar-refractivity contribution in [3.63, 3.8) is 0 Å². The van der Waals surface area contributed by atoms with Crippen LogP contribution in [0.15, 0.2) is 39.9 Å². The molecule has 1 fully saturated rings. The summed E-state index contributed by atoms with van der Waals surface area (Å²) < 4.78 is 30.5. The first-order valence-corrected chi connectivity index (χ1v) is 9.02. The molecule has 25 heavy (non-hydrogen) atoms. The maximum Gasteiger partial charge on any atom is 0.284 e. The molecule has 1 aromatic carbocycles. The van der Waals surface area contributed by atoms with E-state index in [-0.39, 0.29) is 10.6 Å². The summed E-state index contributed by atoms with van der Waals surface area (Å²) in [5, 5.41) is 15.3. The molecule has 0 N–H and O–H groups in total. The smallest absolute Gasteiger partial charge is 0.284 e. The molecule has 1 aliphatic rings. The van der Waals surface area contributed by atoms with Crippen molar-refractivity contribution in [3.8, 4) is 11.1 Å². The molecule has 0 bridgehead atoms. The second-order valence-corrected chi connectivity index (χ2v) is 7.64. The molecule has 1 saturated carbocycles. The Labute approximate surface area is 144 Å². The van der Waals surface area contributed by atoms with Crippen molar-refractivity contribution in [1.82, 2.24) is 14.7 Å². The van der Waals surface area contributed by atoms with E-state index >= 15 is 0 Å². The number of non-ortho nitro benzene ring substituents is 1. The maximum atomic E-state index is 12.6. The fourth-order valence-corrected chi connectivity index (χ4v) is 3.47. The molecule has 1 aromatic heterocycles. The molecular weight excluding hydrogens is 346 g/mol. The number of nitro benzene ring substituents is 1. The zero-order valence-electron chi connectivity index (χ0n) is 13.7. The summed E-state index contributed by atoms with van der Waals surface area (Å²) >= 11 is 0. The second kappa shape index (κ2) is 6.28. The van der Waals surface area contributed by atoms with Gasteiger partial charge in [0.2, 0.25) is 0 Å². The normalized spacial score (nSPS) is 14.8. The van der Waals surface area contributed by atoms with Crippen molar-refractivity contribution in [2.45, 2.75) is 23.8 Å². The van der Waals surface area contributed by atoms with E-state index in [0.717, 1.165) is 25.2 Å². The molecule has 2 aromatic rings. The third-order valence-corrected chi connectivity index (χ3v) is 4.97.